The van der Waals surface area contributed by atoms with E-state index in [0.717, 1.165) is 34.1 Å². The number of benzene rings is 12. The van der Waals surface area contributed by atoms with Crippen molar-refractivity contribution in [2.45, 2.75) is 0 Å². The Morgan fingerprint density at radius 2 is 0.500 bits per heavy atom. The Hall–Kier alpha value is -8.46. The fraction of sp³-hybridized carbons (Fsp3) is 0. The van der Waals surface area contributed by atoms with Crippen LogP contribution in [0.1, 0.15) is 0 Å². The fourth-order valence-corrected chi connectivity index (χ4v) is 9.87. The van der Waals surface area contributed by atoms with E-state index in [9.17, 15) is 0 Å². The van der Waals surface area contributed by atoms with Gasteiger partial charge in [-0.3, -0.25) is 0 Å². The SMILES string of the molecule is c1ccc(N(c2ccccc2)c2ccc3c(c2)c(-c2cccc4ccccc24)cc2c4ccc(N(c5ccccc5)c5ccccc5)cc4c(-c4cccc5ccccc45)cc32)cc1. The molecule has 0 heterocycles. The Bertz CT molecular complexity index is 3320. The van der Waals surface area contributed by atoms with Gasteiger partial charge in [0.2, 0.25) is 0 Å². The van der Waals surface area contributed by atoms with Gasteiger partial charge in [-0.15, -0.1) is 0 Å². The molecule has 2 heteroatoms. The van der Waals surface area contributed by atoms with E-state index in [0.29, 0.717) is 0 Å². The maximum atomic E-state index is 2.47. The number of nitrogens with zero attached hydrogens (tertiary/aromatic N) is 2. The van der Waals surface area contributed by atoms with Crippen molar-refractivity contribution in [3.63, 3.8) is 0 Å². The van der Waals surface area contributed by atoms with Gasteiger partial charge in [0.25, 0.3) is 0 Å². The van der Waals surface area contributed by atoms with E-state index >= 15 is 0 Å². The molecule has 300 valence electrons. The molecule has 0 unspecified atom stereocenters. The summed E-state index contributed by atoms with van der Waals surface area (Å²) in [6.45, 7) is 0. The summed E-state index contributed by atoms with van der Waals surface area (Å²) in [6, 6.07) is 92.9. The van der Waals surface area contributed by atoms with Gasteiger partial charge in [-0.1, -0.05) is 170 Å². The number of anilines is 6. The van der Waals surface area contributed by atoms with Crippen LogP contribution in [0.5, 0.6) is 0 Å². The molecule has 0 aliphatic rings. The van der Waals surface area contributed by atoms with Gasteiger partial charge in [0, 0.05) is 34.1 Å². The molecule has 0 aromatic heterocycles. The number of hydrogen-bond acceptors (Lipinski definition) is 2. The first kappa shape index (κ1) is 37.3. The highest BCUT2D eigenvalue weighted by molar-refractivity contribution is 6.26. The van der Waals surface area contributed by atoms with E-state index in [4.69, 9.17) is 0 Å². The standard InChI is InChI=1S/C62H42N2/c1-5-23-45(24-6-1)63(46-25-7-2-8-26-46)49-35-37-55-57(39-49)59(53-33-17-21-43-19-13-15-31-51(43)53)41-62-56-38-36-50(64(47-27-9-3-10-28-47)48-29-11-4-12-30-48)40-58(56)60(42-61(55)62)54-34-18-22-44-20-14-16-32-52(44)54/h1-42H. The molecular weight excluding hydrogens is 773 g/mol. The van der Waals surface area contributed by atoms with Crippen molar-refractivity contribution >= 4 is 88.0 Å². The van der Waals surface area contributed by atoms with Gasteiger partial charge < -0.3 is 9.80 Å². The van der Waals surface area contributed by atoms with E-state index in [-0.39, 0.29) is 0 Å². The van der Waals surface area contributed by atoms with Gasteiger partial charge in [-0.2, -0.15) is 0 Å². The van der Waals surface area contributed by atoms with Crippen LogP contribution in [0.2, 0.25) is 0 Å². The second-order valence-corrected chi connectivity index (χ2v) is 16.5. The van der Waals surface area contributed by atoms with E-state index in [1.807, 2.05) is 0 Å². The zero-order chi connectivity index (χ0) is 42.4. The molecule has 12 aromatic rings. The lowest BCUT2D eigenvalue weighted by Crippen LogP contribution is -2.09. The van der Waals surface area contributed by atoms with E-state index in [1.54, 1.807) is 0 Å². The number of para-hydroxylation sites is 4. The van der Waals surface area contributed by atoms with Crippen LogP contribution >= 0.6 is 0 Å². The first-order valence-electron chi connectivity index (χ1n) is 22.0. The summed E-state index contributed by atoms with van der Waals surface area (Å²) >= 11 is 0. The molecule has 64 heavy (non-hydrogen) atoms. The topological polar surface area (TPSA) is 6.48 Å². The lowest BCUT2D eigenvalue weighted by molar-refractivity contribution is 1.29. The quantitative estimate of drug-likeness (QED) is 0.141. The third-order valence-corrected chi connectivity index (χ3v) is 12.8. The monoisotopic (exact) mass is 814 g/mol. The molecule has 0 atom stereocenters. The van der Waals surface area contributed by atoms with Gasteiger partial charge >= 0.3 is 0 Å². The molecule has 12 aromatic carbocycles. The van der Waals surface area contributed by atoms with Crippen LogP contribution in [-0.2, 0) is 0 Å². The van der Waals surface area contributed by atoms with Crippen molar-refractivity contribution < 1.29 is 0 Å². The van der Waals surface area contributed by atoms with E-state index < -0.39 is 0 Å². The molecule has 0 bridgehead atoms. The van der Waals surface area contributed by atoms with Crippen molar-refractivity contribution in [1.29, 1.82) is 0 Å². The van der Waals surface area contributed by atoms with Crippen LogP contribution < -0.4 is 9.80 Å². The Morgan fingerprint density at radius 3 is 0.875 bits per heavy atom. The third-order valence-electron chi connectivity index (χ3n) is 12.8. The molecule has 0 saturated heterocycles. The van der Waals surface area contributed by atoms with Gasteiger partial charge in [-0.25, -0.2) is 0 Å². The zero-order valence-electron chi connectivity index (χ0n) is 35.1. The highest BCUT2D eigenvalue weighted by atomic mass is 15.1. The molecule has 0 radical (unpaired) electrons. The summed E-state index contributed by atoms with van der Waals surface area (Å²) in [5.74, 6) is 0. The Kier molecular flexibility index (Phi) is 9.20. The second-order valence-electron chi connectivity index (χ2n) is 16.5. The van der Waals surface area contributed by atoms with Crippen LogP contribution in [-0.4, -0.2) is 0 Å². The minimum atomic E-state index is 1.10. The Labute approximate surface area is 373 Å². The molecule has 0 fully saturated rings. The van der Waals surface area contributed by atoms with E-state index in [2.05, 4.69) is 265 Å². The maximum Gasteiger partial charge on any atom is 0.0468 e. The smallest absolute Gasteiger partial charge is 0.0468 e. The highest BCUT2D eigenvalue weighted by Crippen LogP contribution is 2.48. The number of rotatable bonds is 8. The molecule has 0 aliphatic heterocycles. The predicted octanol–water partition coefficient (Wildman–Crippen LogP) is 17.7. The lowest BCUT2D eigenvalue weighted by atomic mass is 9.85. The fourth-order valence-electron chi connectivity index (χ4n) is 9.87. The summed E-state index contributed by atoms with van der Waals surface area (Å²) in [5, 5.41) is 12.2. The number of hydrogen-bond donors (Lipinski definition) is 0. The van der Waals surface area contributed by atoms with E-state index in [1.165, 1.54) is 76.1 Å². The molecule has 2 nitrogen and oxygen atoms in total. The van der Waals surface area contributed by atoms with Crippen molar-refractivity contribution in [1.82, 2.24) is 0 Å². The zero-order valence-corrected chi connectivity index (χ0v) is 35.1. The third kappa shape index (κ3) is 6.44. The first-order chi connectivity index (χ1) is 31.8. The van der Waals surface area contributed by atoms with Crippen LogP contribution in [0.15, 0.2) is 255 Å². The van der Waals surface area contributed by atoms with Crippen molar-refractivity contribution in [3.8, 4) is 22.3 Å². The maximum absolute atomic E-state index is 2.47. The average Bonchev–Trinajstić information content (AvgIpc) is 3.37. The summed E-state index contributed by atoms with van der Waals surface area (Å²) in [5.41, 5.74) is 11.5. The summed E-state index contributed by atoms with van der Waals surface area (Å²) in [6.07, 6.45) is 0. The summed E-state index contributed by atoms with van der Waals surface area (Å²) in [7, 11) is 0. The van der Waals surface area contributed by atoms with Gasteiger partial charge in [0.15, 0.2) is 0 Å². The Morgan fingerprint density at radius 1 is 0.172 bits per heavy atom. The molecule has 0 amide bonds. The van der Waals surface area contributed by atoms with Gasteiger partial charge in [0.05, 0.1) is 0 Å². The molecule has 0 N–H and O–H groups in total. The van der Waals surface area contributed by atoms with Crippen molar-refractivity contribution in [2.75, 3.05) is 9.80 Å². The first-order valence-corrected chi connectivity index (χ1v) is 22.0. The normalized spacial score (nSPS) is 11.4. The number of fused-ring (bicyclic) bond motifs is 7. The molecule has 12 rings (SSSR count). The molecule has 0 spiro atoms. The van der Waals surface area contributed by atoms with Crippen molar-refractivity contribution in [2.24, 2.45) is 0 Å². The van der Waals surface area contributed by atoms with Crippen molar-refractivity contribution in [3.05, 3.63) is 255 Å². The minimum Gasteiger partial charge on any atom is -0.310 e. The summed E-state index contributed by atoms with van der Waals surface area (Å²) < 4.78 is 0. The highest BCUT2D eigenvalue weighted by Gasteiger charge is 2.21. The van der Waals surface area contributed by atoms with Crippen LogP contribution in [0.25, 0.3) is 76.1 Å². The Balaban J connectivity index is 1.20. The predicted molar refractivity (Wildman–Crippen MR) is 274 cm³/mol. The molecule has 0 saturated carbocycles. The summed E-state index contributed by atoms with van der Waals surface area (Å²) in [4.78, 5) is 4.73. The lowest BCUT2D eigenvalue weighted by Gasteiger charge is -2.27. The van der Waals surface area contributed by atoms with Gasteiger partial charge in [0.1, 0.15) is 0 Å². The largest absolute Gasteiger partial charge is 0.310 e. The van der Waals surface area contributed by atoms with Crippen LogP contribution in [0.3, 0.4) is 0 Å². The average molecular weight is 815 g/mol. The van der Waals surface area contributed by atoms with Crippen LogP contribution in [0, 0.1) is 0 Å². The van der Waals surface area contributed by atoms with Gasteiger partial charge in [-0.05, 0) is 161 Å². The second kappa shape index (κ2) is 15.8. The minimum absolute atomic E-state index is 1.10. The van der Waals surface area contributed by atoms with Crippen LogP contribution in [0.4, 0.5) is 34.1 Å². The molecule has 0 aliphatic carbocycles. The molecular formula is C62H42N2.